The summed E-state index contributed by atoms with van der Waals surface area (Å²) in [5.74, 6) is 0.336. The van der Waals surface area contributed by atoms with E-state index >= 15 is 0 Å². The van der Waals surface area contributed by atoms with E-state index in [4.69, 9.17) is 15.2 Å². The number of benzene rings is 1. The fraction of sp³-hybridized carbons (Fsp3) is 0.174. The molecule has 0 amide bonds. The molecule has 1 aliphatic heterocycles. The predicted molar refractivity (Wildman–Crippen MR) is 119 cm³/mol. The van der Waals surface area contributed by atoms with Crippen molar-refractivity contribution in [3.8, 4) is 17.6 Å². The Morgan fingerprint density at radius 2 is 2.16 bits per heavy atom. The Morgan fingerprint density at radius 1 is 1.35 bits per heavy atom. The van der Waals surface area contributed by atoms with Crippen LogP contribution in [0, 0.1) is 18.3 Å². The first kappa shape index (κ1) is 20.7. The number of halogens is 1. The maximum atomic E-state index is 13.7. The van der Waals surface area contributed by atoms with Gasteiger partial charge in [0.25, 0.3) is 5.56 Å². The molecule has 0 aliphatic carbocycles. The number of nitrogens with zero attached hydrogens (tertiary/aromatic N) is 3. The van der Waals surface area contributed by atoms with Gasteiger partial charge in [-0.15, -0.1) is 0 Å². The van der Waals surface area contributed by atoms with Gasteiger partial charge in [0.2, 0.25) is 5.88 Å². The van der Waals surface area contributed by atoms with Crippen LogP contribution in [0.1, 0.15) is 28.3 Å². The summed E-state index contributed by atoms with van der Waals surface area (Å²) in [4.78, 5) is 17.8. The number of ether oxygens (including phenoxy) is 2. The summed E-state index contributed by atoms with van der Waals surface area (Å²) in [6, 6.07) is 13.1. The molecule has 0 unspecified atom stereocenters. The standard InChI is InChI=1S/C23H19BrN4O3/c1-13-8-19-21(23(29)28(13)12-14-4-3-7-27-11-14)20(16(10-25)22(26)31-19)15-5-6-18(30-2)17(24)9-15/h3-9,11,20H,12,26H2,1-2H3/t20-/m0/s1. The molecule has 3 aromatic rings. The lowest BCUT2D eigenvalue weighted by Gasteiger charge is -2.27. The van der Waals surface area contributed by atoms with Crippen LogP contribution in [0.25, 0.3) is 0 Å². The molecule has 156 valence electrons. The summed E-state index contributed by atoms with van der Waals surface area (Å²) < 4.78 is 13.4. The molecule has 0 spiro atoms. The Labute approximate surface area is 187 Å². The SMILES string of the molecule is COc1ccc([C@H]2C(C#N)=C(N)Oc3cc(C)n(Cc4cccnc4)c(=O)c32)cc1Br. The molecule has 0 radical (unpaired) electrons. The maximum Gasteiger partial charge on any atom is 0.259 e. The lowest BCUT2D eigenvalue weighted by Crippen LogP contribution is -2.33. The fourth-order valence-corrected chi connectivity index (χ4v) is 4.31. The van der Waals surface area contributed by atoms with E-state index < -0.39 is 5.92 Å². The fourth-order valence-electron chi connectivity index (χ4n) is 3.75. The van der Waals surface area contributed by atoms with Gasteiger partial charge in [-0.2, -0.15) is 5.26 Å². The third-order valence-electron chi connectivity index (χ3n) is 5.26. The first-order chi connectivity index (χ1) is 14.9. The van der Waals surface area contributed by atoms with E-state index in [2.05, 4.69) is 27.0 Å². The van der Waals surface area contributed by atoms with Crippen LogP contribution >= 0.6 is 15.9 Å². The van der Waals surface area contributed by atoms with Crippen molar-refractivity contribution < 1.29 is 9.47 Å². The molecule has 31 heavy (non-hydrogen) atoms. The third-order valence-corrected chi connectivity index (χ3v) is 5.88. The van der Waals surface area contributed by atoms with E-state index in [-0.39, 0.29) is 17.0 Å². The molecule has 4 rings (SSSR count). The Bertz CT molecular complexity index is 1290. The zero-order chi connectivity index (χ0) is 22.1. The molecule has 2 N–H and O–H groups in total. The van der Waals surface area contributed by atoms with Crippen molar-refractivity contribution in [3.05, 3.63) is 97.5 Å². The normalized spacial score (nSPS) is 15.1. The first-order valence-corrected chi connectivity index (χ1v) is 10.3. The number of rotatable bonds is 4. The van der Waals surface area contributed by atoms with E-state index in [1.807, 2.05) is 31.2 Å². The van der Waals surface area contributed by atoms with Crippen LogP contribution in [0.2, 0.25) is 0 Å². The third kappa shape index (κ3) is 3.68. The Balaban J connectivity index is 1.93. The molecule has 1 aromatic carbocycles. The highest BCUT2D eigenvalue weighted by Gasteiger charge is 2.34. The topological polar surface area (TPSA) is 103 Å². The highest BCUT2D eigenvalue weighted by Crippen LogP contribution is 2.42. The molecule has 1 atom stereocenters. The minimum Gasteiger partial charge on any atom is -0.496 e. The van der Waals surface area contributed by atoms with Crippen molar-refractivity contribution in [1.29, 1.82) is 5.26 Å². The second-order valence-corrected chi connectivity index (χ2v) is 7.99. The number of pyridine rings is 2. The Morgan fingerprint density at radius 3 is 2.81 bits per heavy atom. The van der Waals surface area contributed by atoms with Crippen molar-refractivity contribution in [1.82, 2.24) is 9.55 Å². The van der Waals surface area contributed by atoms with Gasteiger partial charge in [-0.1, -0.05) is 12.1 Å². The summed E-state index contributed by atoms with van der Waals surface area (Å²) in [7, 11) is 1.57. The number of fused-ring (bicyclic) bond motifs is 1. The average molecular weight is 479 g/mol. The van der Waals surface area contributed by atoms with Crippen molar-refractivity contribution in [2.75, 3.05) is 7.11 Å². The molecule has 0 bridgehead atoms. The summed E-state index contributed by atoms with van der Waals surface area (Å²) in [6.07, 6.45) is 3.41. The molecule has 0 fully saturated rings. The number of aromatic nitrogens is 2. The number of methoxy groups -OCH3 is 1. The second-order valence-electron chi connectivity index (χ2n) is 7.14. The Hall–Kier alpha value is -3.57. The minimum absolute atomic E-state index is 0.00394. The van der Waals surface area contributed by atoms with Crippen molar-refractivity contribution in [3.63, 3.8) is 0 Å². The lowest BCUT2D eigenvalue weighted by molar-refractivity contribution is 0.388. The zero-order valence-corrected chi connectivity index (χ0v) is 18.5. The van der Waals surface area contributed by atoms with Gasteiger partial charge in [0.05, 0.1) is 29.6 Å². The van der Waals surface area contributed by atoms with Crippen molar-refractivity contribution >= 4 is 15.9 Å². The van der Waals surface area contributed by atoms with Crippen molar-refractivity contribution in [2.24, 2.45) is 5.73 Å². The lowest BCUT2D eigenvalue weighted by atomic mass is 9.84. The summed E-state index contributed by atoms with van der Waals surface area (Å²) >= 11 is 3.48. The molecule has 8 heteroatoms. The zero-order valence-electron chi connectivity index (χ0n) is 16.9. The second kappa shape index (κ2) is 8.28. The number of hydrogen-bond donors (Lipinski definition) is 1. The summed E-state index contributed by atoms with van der Waals surface area (Å²) in [6.45, 7) is 2.19. The van der Waals surface area contributed by atoms with E-state index in [0.29, 0.717) is 28.1 Å². The number of nitriles is 1. The minimum atomic E-state index is -0.663. The number of aryl methyl sites for hydroxylation is 1. The molecular weight excluding hydrogens is 460 g/mol. The maximum absolute atomic E-state index is 13.7. The van der Waals surface area contributed by atoms with Gasteiger partial charge in [0.1, 0.15) is 23.1 Å². The number of hydrogen-bond acceptors (Lipinski definition) is 6. The molecular formula is C23H19BrN4O3. The Kier molecular flexibility index (Phi) is 5.53. The van der Waals surface area contributed by atoms with Gasteiger partial charge in [0.15, 0.2) is 0 Å². The van der Waals surface area contributed by atoms with Crippen molar-refractivity contribution in [2.45, 2.75) is 19.4 Å². The van der Waals surface area contributed by atoms with Crippen LogP contribution in [0.3, 0.4) is 0 Å². The number of allylic oxidation sites excluding steroid dienone is 1. The quantitative estimate of drug-likeness (QED) is 0.614. The molecule has 3 heterocycles. The molecule has 1 aliphatic rings. The predicted octanol–water partition coefficient (Wildman–Crippen LogP) is 3.59. The van der Waals surface area contributed by atoms with Crippen LogP contribution in [-0.2, 0) is 6.54 Å². The van der Waals surface area contributed by atoms with E-state index in [9.17, 15) is 10.1 Å². The van der Waals surface area contributed by atoms with E-state index in [0.717, 1.165) is 16.8 Å². The monoisotopic (exact) mass is 478 g/mol. The van der Waals surface area contributed by atoms with Crippen LogP contribution in [0.5, 0.6) is 11.5 Å². The summed E-state index contributed by atoms with van der Waals surface area (Å²) in [5.41, 5.74) is 8.73. The number of nitrogens with two attached hydrogens (primary N) is 1. The highest BCUT2D eigenvalue weighted by atomic mass is 79.9. The van der Waals surface area contributed by atoms with Gasteiger partial charge >= 0.3 is 0 Å². The molecule has 2 aromatic heterocycles. The smallest absolute Gasteiger partial charge is 0.259 e. The van der Waals surface area contributed by atoms with E-state index in [1.54, 1.807) is 36.2 Å². The van der Waals surface area contributed by atoms with Crippen LogP contribution in [0.4, 0.5) is 0 Å². The first-order valence-electron chi connectivity index (χ1n) is 9.48. The van der Waals surface area contributed by atoms with Gasteiger partial charge in [-0.05, 0) is 52.2 Å². The molecule has 0 saturated heterocycles. The van der Waals surface area contributed by atoms with Crippen LogP contribution < -0.4 is 20.8 Å². The van der Waals surface area contributed by atoms with Gasteiger partial charge in [-0.3, -0.25) is 9.78 Å². The van der Waals surface area contributed by atoms with Gasteiger partial charge in [-0.25, -0.2) is 0 Å². The van der Waals surface area contributed by atoms with Crippen LogP contribution in [-0.4, -0.2) is 16.7 Å². The van der Waals surface area contributed by atoms with Gasteiger partial charge < -0.3 is 19.8 Å². The van der Waals surface area contributed by atoms with E-state index in [1.165, 1.54) is 0 Å². The molecule has 7 nitrogen and oxygen atoms in total. The largest absolute Gasteiger partial charge is 0.496 e. The van der Waals surface area contributed by atoms with Gasteiger partial charge in [0, 0.05) is 24.2 Å². The van der Waals surface area contributed by atoms with Crippen LogP contribution in [0.15, 0.2) is 69.5 Å². The average Bonchev–Trinajstić information content (AvgIpc) is 2.76. The molecule has 0 saturated carbocycles. The highest BCUT2D eigenvalue weighted by molar-refractivity contribution is 9.10. The summed E-state index contributed by atoms with van der Waals surface area (Å²) in [5, 5.41) is 9.82.